The molecule has 3 N–H and O–H groups in total. The van der Waals surface area contributed by atoms with Gasteiger partial charge in [0.25, 0.3) is 17.4 Å². The van der Waals surface area contributed by atoms with Gasteiger partial charge in [-0.3, -0.25) is 14.4 Å². The number of aromatic amines is 1. The number of rotatable bonds is 8. The van der Waals surface area contributed by atoms with E-state index in [0.29, 0.717) is 19.7 Å². The molecule has 0 bridgehead atoms. The largest absolute Gasteiger partial charge is 0.375 e. The second kappa shape index (κ2) is 10.7. The van der Waals surface area contributed by atoms with Crippen LogP contribution in [0.3, 0.4) is 0 Å². The number of piperidine rings is 1. The number of carbonyl (C=O) groups excluding carboxylic acids is 2. The zero-order valence-electron chi connectivity index (χ0n) is 17.1. The summed E-state index contributed by atoms with van der Waals surface area (Å²) < 4.78 is 5.74. The van der Waals surface area contributed by atoms with E-state index in [2.05, 4.69) is 15.6 Å². The van der Waals surface area contributed by atoms with Crippen molar-refractivity contribution < 1.29 is 14.3 Å². The third kappa shape index (κ3) is 6.01. The normalized spacial score (nSPS) is 16.1. The fraction of sp³-hybridized carbons (Fsp3) is 0.409. The summed E-state index contributed by atoms with van der Waals surface area (Å²) in [5.41, 5.74) is 0.590. The fourth-order valence-corrected chi connectivity index (χ4v) is 3.36. The Hall–Kier alpha value is -2.97. The monoisotopic (exact) mass is 412 g/mol. The van der Waals surface area contributed by atoms with Gasteiger partial charge in [-0.15, -0.1) is 0 Å². The molecule has 2 amide bonds. The zero-order valence-corrected chi connectivity index (χ0v) is 17.1. The van der Waals surface area contributed by atoms with Gasteiger partial charge in [0.2, 0.25) is 0 Å². The van der Waals surface area contributed by atoms with E-state index in [1.165, 1.54) is 17.2 Å². The minimum atomic E-state index is -0.524. The number of benzene rings is 1. The van der Waals surface area contributed by atoms with Crippen molar-refractivity contribution in [3.8, 4) is 0 Å². The van der Waals surface area contributed by atoms with Gasteiger partial charge in [0.1, 0.15) is 5.56 Å². The Kier molecular flexibility index (Phi) is 7.75. The SMILES string of the molecule is CN(Cc1ccccc1)C(=O)c1cc(C(=O)NCCOC2CCCNC2)c[nH]c1=O. The van der Waals surface area contributed by atoms with E-state index < -0.39 is 11.5 Å². The smallest absolute Gasteiger partial charge is 0.260 e. The Morgan fingerprint density at radius 2 is 2.07 bits per heavy atom. The fourth-order valence-electron chi connectivity index (χ4n) is 3.36. The topological polar surface area (TPSA) is 104 Å². The molecule has 0 saturated carbocycles. The molecule has 1 aromatic heterocycles. The molecule has 1 aromatic carbocycles. The summed E-state index contributed by atoms with van der Waals surface area (Å²) in [5, 5.41) is 6.04. The van der Waals surface area contributed by atoms with Crippen molar-refractivity contribution in [1.29, 1.82) is 0 Å². The molecule has 1 aliphatic heterocycles. The molecule has 8 heteroatoms. The molecule has 1 saturated heterocycles. The highest BCUT2D eigenvalue weighted by atomic mass is 16.5. The van der Waals surface area contributed by atoms with Crippen LogP contribution in [0.25, 0.3) is 0 Å². The Balaban J connectivity index is 1.56. The van der Waals surface area contributed by atoms with Gasteiger partial charge in [-0.1, -0.05) is 30.3 Å². The molecule has 30 heavy (non-hydrogen) atoms. The number of amides is 2. The average molecular weight is 412 g/mol. The number of pyridine rings is 1. The van der Waals surface area contributed by atoms with E-state index in [0.717, 1.165) is 31.5 Å². The molecule has 160 valence electrons. The number of ether oxygens (including phenoxy) is 1. The van der Waals surface area contributed by atoms with Gasteiger partial charge < -0.3 is 25.3 Å². The van der Waals surface area contributed by atoms with Crippen LogP contribution in [-0.2, 0) is 11.3 Å². The summed E-state index contributed by atoms with van der Waals surface area (Å²) in [6.45, 7) is 2.97. The van der Waals surface area contributed by atoms with Crippen molar-refractivity contribution in [2.45, 2.75) is 25.5 Å². The molecule has 1 unspecified atom stereocenters. The Morgan fingerprint density at radius 3 is 2.80 bits per heavy atom. The first kappa shape index (κ1) is 21.7. The molecule has 1 atom stereocenters. The molecular formula is C22H28N4O4. The predicted molar refractivity (Wildman–Crippen MR) is 113 cm³/mol. The molecule has 2 heterocycles. The number of nitrogens with zero attached hydrogens (tertiary/aromatic N) is 1. The highest BCUT2D eigenvalue weighted by molar-refractivity contribution is 5.99. The van der Waals surface area contributed by atoms with Crippen LogP contribution in [0.4, 0.5) is 0 Å². The molecule has 0 aliphatic carbocycles. The zero-order chi connectivity index (χ0) is 21.3. The van der Waals surface area contributed by atoms with Gasteiger partial charge in [0.05, 0.1) is 18.3 Å². The highest BCUT2D eigenvalue weighted by Gasteiger charge is 2.18. The van der Waals surface area contributed by atoms with Crippen LogP contribution in [0.2, 0.25) is 0 Å². The van der Waals surface area contributed by atoms with E-state index in [9.17, 15) is 14.4 Å². The summed E-state index contributed by atoms with van der Waals surface area (Å²) in [6, 6.07) is 10.8. The van der Waals surface area contributed by atoms with Gasteiger partial charge >= 0.3 is 0 Å². The van der Waals surface area contributed by atoms with Gasteiger partial charge in [-0.25, -0.2) is 0 Å². The van der Waals surface area contributed by atoms with Gasteiger partial charge in [0, 0.05) is 32.9 Å². The molecular weight excluding hydrogens is 384 g/mol. The van der Waals surface area contributed by atoms with E-state index in [4.69, 9.17) is 4.74 Å². The lowest BCUT2D eigenvalue weighted by Crippen LogP contribution is -2.37. The van der Waals surface area contributed by atoms with Crippen molar-refractivity contribution >= 4 is 11.8 Å². The van der Waals surface area contributed by atoms with Crippen molar-refractivity contribution in [3.63, 3.8) is 0 Å². The van der Waals surface area contributed by atoms with E-state index in [1.54, 1.807) is 7.05 Å². The molecule has 3 rings (SSSR count). The van der Waals surface area contributed by atoms with Crippen molar-refractivity contribution in [1.82, 2.24) is 20.5 Å². The number of hydrogen-bond donors (Lipinski definition) is 3. The van der Waals surface area contributed by atoms with Crippen LogP contribution in [0.15, 0.2) is 47.4 Å². The molecule has 1 aliphatic rings. The van der Waals surface area contributed by atoms with Gasteiger partial charge in [-0.2, -0.15) is 0 Å². The summed E-state index contributed by atoms with van der Waals surface area (Å²) >= 11 is 0. The maximum atomic E-state index is 12.7. The summed E-state index contributed by atoms with van der Waals surface area (Å²) in [7, 11) is 1.62. The van der Waals surface area contributed by atoms with Crippen LogP contribution < -0.4 is 16.2 Å². The van der Waals surface area contributed by atoms with Crippen molar-refractivity contribution in [3.05, 3.63) is 69.6 Å². The Labute approximate surface area is 175 Å². The molecule has 1 fully saturated rings. The lowest BCUT2D eigenvalue weighted by Gasteiger charge is -2.23. The summed E-state index contributed by atoms with van der Waals surface area (Å²) in [5.74, 6) is -0.806. The summed E-state index contributed by atoms with van der Waals surface area (Å²) in [4.78, 5) is 41.3. The number of carbonyl (C=O) groups is 2. The maximum absolute atomic E-state index is 12.7. The van der Waals surface area contributed by atoms with E-state index in [-0.39, 0.29) is 23.1 Å². The van der Waals surface area contributed by atoms with Crippen LogP contribution >= 0.6 is 0 Å². The average Bonchev–Trinajstić information content (AvgIpc) is 2.78. The van der Waals surface area contributed by atoms with E-state index in [1.807, 2.05) is 30.3 Å². The first-order chi connectivity index (χ1) is 14.5. The molecule has 2 aromatic rings. The van der Waals surface area contributed by atoms with Crippen LogP contribution in [0.5, 0.6) is 0 Å². The van der Waals surface area contributed by atoms with Crippen LogP contribution in [0, 0.1) is 0 Å². The summed E-state index contributed by atoms with van der Waals surface area (Å²) in [6.07, 6.45) is 3.60. The quantitative estimate of drug-likeness (QED) is 0.565. The van der Waals surface area contributed by atoms with E-state index >= 15 is 0 Å². The number of nitrogens with one attached hydrogen (secondary N) is 3. The molecule has 0 spiro atoms. The van der Waals surface area contributed by atoms with Crippen LogP contribution in [-0.4, -0.2) is 61.1 Å². The number of H-pyrrole nitrogens is 1. The van der Waals surface area contributed by atoms with Crippen LogP contribution in [0.1, 0.15) is 39.1 Å². The van der Waals surface area contributed by atoms with Gasteiger partial charge in [-0.05, 0) is 31.0 Å². The third-order valence-electron chi connectivity index (χ3n) is 5.00. The minimum Gasteiger partial charge on any atom is -0.375 e. The lowest BCUT2D eigenvalue weighted by molar-refractivity contribution is 0.0382. The number of hydrogen-bond acceptors (Lipinski definition) is 5. The Bertz CT molecular complexity index is 907. The van der Waals surface area contributed by atoms with Gasteiger partial charge in [0.15, 0.2) is 0 Å². The van der Waals surface area contributed by atoms with Crippen molar-refractivity contribution in [2.75, 3.05) is 33.3 Å². The third-order valence-corrected chi connectivity index (χ3v) is 5.00. The molecule has 8 nitrogen and oxygen atoms in total. The highest BCUT2D eigenvalue weighted by Crippen LogP contribution is 2.08. The lowest BCUT2D eigenvalue weighted by atomic mass is 10.1. The molecule has 0 radical (unpaired) electrons. The first-order valence-corrected chi connectivity index (χ1v) is 10.2. The predicted octanol–water partition coefficient (Wildman–Crippen LogP) is 1.15. The van der Waals surface area contributed by atoms with Crippen molar-refractivity contribution in [2.24, 2.45) is 0 Å². The number of aromatic nitrogens is 1. The minimum absolute atomic E-state index is 0.0642. The second-order valence-corrected chi connectivity index (χ2v) is 7.37. The Morgan fingerprint density at radius 1 is 1.27 bits per heavy atom. The first-order valence-electron chi connectivity index (χ1n) is 10.2. The maximum Gasteiger partial charge on any atom is 0.260 e. The second-order valence-electron chi connectivity index (χ2n) is 7.37. The standard InChI is InChI=1S/C22H28N4O4/c1-26(15-16-6-3-2-4-7-16)22(29)19-12-17(13-25-21(19)28)20(27)24-10-11-30-18-8-5-9-23-14-18/h2-4,6-7,12-13,18,23H,5,8-11,14-15H2,1H3,(H,24,27)(H,25,28).